The van der Waals surface area contributed by atoms with Gasteiger partial charge in [0, 0.05) is 11.0 Å². The minimum absolute atomic E-state index is 0.0568. The van der Waals surface area contributed by atoms with E-state index in [0.717, 1.165) is 11.1 Å². The van der Waals surface area contributed by atoms with E-state index in [1.165, 1.54) is 6.92 Å². The van der Waals surface area contributed by atoms with Crippen LogP contribution in [0, 0.1) is 0 Å². The minimum atomic E-state index is -0.580. The van der Waals surface area contributed by atoms with E-state index < -0.39 is 5.38 Å². The molecule has 0 saturated heterocycles. The van der Waals surface area contributed by atoms with Gasteiger partial charge in [0.1, 0.15) is 5.38 Å². The molecular weight excluding hydrogens is 265 g/mol. The average Bonchev–Trinajstić information content (AvgIpc) is 2.16. The molecular formula is C10H11BrClNO. The quantitative estimate of drug-likeness (QED) is 0.681. The van der Waals surface area contributed by atoms with Crippen LogP contribution in [-0.4, -0.2) is 5.78 Å². The zero-order valence-corrected chi connectivity index (χ0v) is 10.1. The molecule has 0 heterocycles. The molecule has 0 fully saturated rings. The molecule has 1 rings (SSSR count). The van der Waals surface area contributed by atoms with E-state index in [9.17, 15) is 4.79 Å². The Kier molecular flexibility index (Phi) is 3.96. The van der Waals surface area contributed by atoms with Crippen molar-refractivity contribution in [3.8, 4) is 0 Å². The molecule has 2 nitrogen and oxygen atoms in total. The van der Waals surface area contributed by atoms with Crippen molar-refractivity contribution >= 4 is 39.0 Å². The highest BCUT2D eigenvalue weighted by atomic mass is 79.9. The molecule has 2 N–H and O–H groups in total. The molecule has 0 spiro atoms. The van der Waals surface area contributed by atoms with Crippen LogP contribution in [0.1, 0.15) is 23.4 Å². The normalized spacial score (nSPS) is 12.5. The van der Waals surface area contributed by atoms with Gasteiger partial charge < -0.3 is 5.73 Å². The maximum absolute atomic E-state index is 11.1. The molecule has 0 aliphatic rings. The largest absolute Gasteiger partial charge is 0.399 e. The SMILES string of the molecule is CC(=O)C(Cl)c1ccc(N)cc1CBr. The van der Waals surface area contributed by atoms with E-state index in [1.54, 1.807) is 12.1 Å². The van der Waals surface area contributed by atoms with Crippen LogP contribution in [0.4, 0.5) is 5.69 Å². The van der Waals surface area contributed by atoms with Gasteiger partial charge >= 0.3 is 0 Å². The molecule has 0 aliphatic heterocycles. The van der Waals surface area contributed by atoms with E-state index in [4.69, 9.17) is 17.3 Å². The smallest absolute Gasteiger partial charge is 0.152 e. The third-order valence-electron chi connectivity index (χ3n) is 1.94. The summed E-state index contributed by atoms with van der Waals surface area (Å²) in [6, 6.07) is 5.37. The van der Waals surface area contributed by atoms with Crippen LogP contribution >= 0.6 is 27.5 Å². The lowest BCUT2D eigenvalue weighted by Gasteiger charge is -2.11. The molecule has 14 heavy (non-hydrogen) atoms. The summed E-state index contributed by atoms with van der Waals surface area (Å²) in [4.78, 5) is 11.1. The Hall–Kier alpha value is -0.540. The Balaban J connectivity index is 3.13. The van der Waals surface area contributed by atoms with E-state index in [-0.39, 0.29) is 5.78 Å². The highest BCUT2D eigenvalue weighted by Gasteiger charge is 2.16. The van der Waals surface area contributed by atoms with Gasteiger partial charge in [-0.05, 0) is 30.2 Å². The fourth-order valence-electron chi connectivity index (χ4n) is 1.21. The predicted octanol–water partition coefficient (Wildman–Crippen LogP) is 3.03. The number of ketones is 1. The van der Waals surface area contributed by atoms with Gasteiger partial charge in [-0.2, -0.15) is 0 Å². The fourth-order valence-corrected chi connectivity index (χ4v) is 1.91. The maximum Gasteiger partial charge on any atom is 0.152 e. The molecule has 0 amide bonds. The molecule has 1 unspecified atom stereocenters. The van der Waals surface area contributed by atoms with Gasteiger partial charge in [0.25, 0.3) is 0 Å². The Morgan fingerprint density at radius 3 is 2.79 bits per heavy atom. The standard InChI is InChI=1S/C10H11BrClNO/c1-6(14)10(12)9-3-2-8(13)4-7(9)5-11/h2-4,10H,5,13H2,1H3. The molecule has 0 radical (unpaired) electrons. The van der Waals surface area contributed by atoms with Gasteiger partial charge in [0.15, 0.2) is 5.78 Å². The van der Waals surface area contributed by atoms with E-state index in [2.05, 4.69) is 15.9 Å². The van der Waals surface area contributed by atoms with E-state index in [0.29, 0.717) is 11.0 Å². The number of hydrogen-bond donors (Lipinski definition) is 1. The number of carbonyl (C=O) groups is 1. The number of hydrogen-bond acceptors (Lipinski definition) is 2. The summed E-state index contributed by atoms with van der Waals surface area (Å²) in [7, 11) is 0. The average molecular weight is 277 g/mol. The third kappa shape index (κ3) is 2.49. The monoisotopic (exact) mass is 275 g/mol. The summed E-state index contributed by atoms with van der Waals surface area (Å²) in [5, 5.41) is 0.0623. The molecule has 76 valence electrons. The second kappa shape index (κ2) is 4.80. The van der Waals surface area contributed by atoms with Gasteiger partial charge in [-0.3, -0.25) is 4.79 Å². The summed E-state index contributed by atoms with van der Waals surface area (Å²) in [5.74, 6) is -0.0568. The second-order valence-corrected chi connectivity index (χ2v) is 4.06. The van der Waals surface area contributed by atoms with E-state index >= 15 is 0 Å². The minimum Gasteiger partial charge on any atom is -0.399 e. The lowest BCUT2D eigenvalue weighted by atomic mass is 10.0. The van der Waals surface area contributed by atoms with Crippen molar-refractivity contribution in [3.63, 3.8) is 0 Å². The maximum atomic E-state index is 11.1. The number of nitrogens with two attached hydrogens (primary N) is 1. The van der Waals surface area contributed by atoms with Crippen molar-refractivity contribution in [2.24, 2.45) is 0 Å². The summed E-state index contributed by atoms with van der Waals surface area (Å²) in [6.45, 7) is 1.48. The van der Waals surface area contributed by atoms with Gasteiger partial charge in [-0.25, -0.2) is 0 Å². The summed E-state index contributed by atoms with van der Waals surface area (Å²) < 4.78 is 0. The molecule has 1 aromatic carbocycles. The number of halogens is 2. The molecule has 0 bridgehead atoms. The molecule has 0 aromatic heterocycles. The van der Waals surface area contributed by atoms with Crippen LogP contribution in [0.5, 0.6) is 0 Å². The number of carbonyl (C=O) groups excluding carboxylic acids is 1. The molecule has 1 atom stereocenters. The first kappa shape index (κ1) is 11.5. The molecule has 4 heteroatoms. The topological polar surface area (TPSA) is 43.1 Å². The highest BCUT2D eigenvalue weighted by Crippen LogP contribution is 2.27. The van der Waals surface area contributed by atoms with Crippen molar-refractivity contribution in [1.82, 2.24) is 0 Å². The lowest BCUT2D eigenvalue weighted by Crippen LogP contribution is -2.05. The number of anilines is 1. The summed E-state index contributed by atoms with van der Waals surface area (Å²) in [6.07, 6.45) is 0. The first-order valence-corrected chi connectivity index (χ1v) is 5.71. The first-order chi connectivity index (χ1) is 6.56. The highest BCUT2D eigenvalue weighted by molar-refractivity contribution is 9.08. The molecule has 1 aromatic rings. The Labute approximate surface area is 96.6 Å². The molecule has 0 saturated carbocycles. The van der Waals surface area contributed by atoms with Crippen LogP contribution in [0.3, 0.4) is 0 Å². The lowest BCUT2D eigenvalue weighted by molar-refractivity contribution is -0.116. The summed E-state index contributed by atoms with van der Waals surface area (Å²) >= 11 is 9.30. The van der Waals surface area contributed by atoms with Crippen molar-refractivity contribution < 1.29 is 4.79 Å². The van der Waals surface area contributed by atoms with Crippen molar-refractivity contribution in [1.29, 1.82) is 0 Å². The van der Waals surface area contributed by atoms with Gasteiger partial charge in [0.2, 0.25) is 0 Å². The fraction of sp³-hybridized carbons (Fsp3) is 0.300. The van der Waals surface area contributed by atoms with E-state index in [1.807, 2.05) is 6.07 Å². The van der Waals surface area contributed by atoms with Gasteiger partial charge in [0.05, 0.1) is 0 Å². The third-order valence-corrected chi connectivity index (χ3v) is 3.09. The predicted molar refractivity (Wildman–Crippen MR) is 62.8 cm³/mol. The Morgan fingerprint density at radius 1 is 1.64 bits per heavy atom. The van der Waals surface area contributed by atoms with Crippen molar-refractivity contribution in [2.45, 2.75) is 17.6 Å². The number of benzene rings is 1. The Morgan fingerprint density at radius 2 is 2.29 bits per heavy atom. The van der Waals surface area contributed by atoms with Gasteiger partial charge in [-0.15, -0.1) is 11.6 Å². The van der Waals surface area contributed by atoms with Crippen molar-refractivity contribution in [2.75, 3.05) is 5.73 Å². The zero-order chi connectivity index (χ0) is 10.7. The van der Waals surface area contributed by atoms with Crippen LogP contribution < -0.4 is 5.73 Å². The van der Waals surface area contributed by atoms with Crippen molar-refractivity contribution in [3.05, 3.63) is 29.3 Å². The Bertz CT molecular complexity index is 354. The second-order valence-electron chi connectivity index (χ2n) is 3.07. The van der Waals surface area contributed by atoms with Crippen LogP contribution in [0.2, 0.25) is 0 Å². The first-order valence-electron chi connectivity index (χ1n) is 4.15. The number of rotatable bonds is 3. The number of alkyl halides is 2. The van der Waals surface area contributed by atoms with Crippen LogP contribution in [0.25, 0.3) is 0 Å². The van der Waals surface area contributed by atoms with Crippen LogP contribution in [0.15, 0.2) is 18.2 Å². The summed E-state index contributed by atoms with van der Waals surface area (Å²) in [5.41, 5.74) is 8.09. The molecule has 0 aliphatic carbocycles. The van der Waals surface area contributed by atoms with Gasteiger partial charge in [-0.1, -0.05) is 22.0 Å². The zero-order valence-electron chi connectivity index (χ0n) is 7.76. The number of Topliss-reactive ketones (excluding diaryl/α,β-unsaturated/α-hetero) is 1. The van der Waals surface area contributed by atoms with Crippen LogP contribution in [-0.2, 0) is 10.1 Å². The number of nitrogen functional groups attached to an aromatic ring is 1.